The molecule has 0 saturated carbocycles. The molecule has 0 bridgehead atoms. The lowest BCUT2D eigenvalue weighted by atomic mass is 9.93. The van der Waals surface area contributed by atoms with Crippen molar-refractivity contribution in [1.82, 2.24) is 24.4 Å². The molecule has 2 aliphatic heterocycles. The van der Waals surface area contributed by atoms with Crippen molar-refractivity contribution in [1.29, 1.82) is 0 Å². The number of nitrogens with zero attached hydrogens (tertiary/aromatic N) is 5. The number of anilines is 1. The molecule has 2 aromatic heterocycles. The van der Waals surface area contributed by atoms with Crippen molar-refractivity contribution in [2.75, 3.05) is 31.1 Å². The van der Waals surface area contributed by atoms with Crippen LogP contribution in [0, 0.1) is 0 Å². The highest BCUT2D eigenvalue weighted by atomic mass is 16.1. The molecule has 0 radical (unpaired) electrons. The maximum atomic E-state index is 12.2. The molecule has 26 heavy (non-hydrogen) atoms. The molecular formula is C19H28N6O. The molecule has 1 N–H and O–H groups in total. The van der Waals surface area contributed by atoms with E-state index in [1.165, 1.54) is 25.0 Å². The number of aryl methyl sites for hydroxylation is 1. The van der Waals surface area contributed by atoms with Crippen molar-refractivity contribution < 1.29 is 0 Å². The Morgan fingerprint density at radius 1 is 1.15 bits per heavy atom. The first-order valence-electron chi connectivity index (χ1n) is 9.73. The zero-order valence-corrected chi connectivity index (χ0v) is 15.5. The van der Waals surface area contributed by atoms with Crippen LogP contribution < -0.4 is 10.5 Å². The maximum absolute atomic E-state index is 12.2. The first-order valence-corrected chi connectivity index (χ1v) is 9.73. The summed E-state index contributed by atoms with van der Waals surface area (Å²) in [6, 6.07) is 1.70. The number of rotatable bonds is 4. The lowest BCUT2D eigenvalue weighted by Crippen LogP contribution is -2.35. The number of aromatic amines is 1. The van der Waals surface area contributed by atoms with E-state index in [9.17, 15) is 4.79 Å². The highest BCUT2D eigenvalue weighted by Crippen LogP contribution is 2.28. The van der Waals surface area contributed by atoms with Gasteiger partial charge in [0.1, 0.15) is 0 Å². The van der Waals surface area contributed by atoms with E-state index in [0.717, 1.165) is 57.2 Å². The molecule has 2 saturated heterocycles. The lowest BCUT2D eigenvalue weighted by molar-refractivity contribution is 0.199. The third-order valence-electron chi connectivity index (χ3n) is 5.71. The van der Waals surface area contributed by atoms with E-state index in [-0.39, 0.29) is 5.56 Å². The van der Waals surface area contributed by atoms with Crippen molar-refractivity contribution in [2.45, 2.75) is 44.6 Å². The number of hydrogen-bond donors (Lipinski definition) is 1. The molecule has 0 aliphatic carbocycles. The number of hydrogen-bond acceptors (Lipinski definition) is 5. The minimum Gasteiger partial charge on any atom is -0.342 e. The summed E-state index contributed by atoms with van der Waals surface area (Å²) < 4.78 is 2.08. The van der Waals surface area contributed by atoms with E-state index in [0.29, 0.717) is 5.92 Å². The fraction of sp³-hybridized carbons (Fsp3) is 0.632. The van der Waals surface area contributed by atoms with Gasteiger partial charge in [0.25, 0.3) is 5.56 Å². The summed E-state index contributed by atoms with van der Waals surface area (Å²) in [6.07, 6.45) is 9.53. The van der Waals surface area contributed by atoms with Crippen molar-refractivity contribution in [3.63, 3.8) is 0 Å². The summed E-state index contributed by atoms with van der Waals surface area (Å²) in [5.41, 5.74) is 2.19. The molecule has 0 spiro atoms. The zero-order chi connectivity index (χ0) is 17.9. The van der Waals surface area contributed by atoms with E-state index < -0.39 is 0 Å². The molecule has 0 unspecified atom stereocenters. The molecule has 7 nitrogen and oxygen atoms in total. The van der Waals surface area contributed by atoms with Gasteiger partial charge >= 0.3 is 0 Å². The van der Waals surface area contributed by atoms with Gasteiger partial charge in [-0.2, -0.15) is 0 Å². The Kier molecular flexibility index (Phi) is 5.06. The minimum absolute atomic E-state index is 0.0205. The topological polar surface area (TPSA) is 70.1 Å². The smallest absolute Gasteiger partial charge is 0.252 e. The van der Waals surface area contributed by atoms with Gasteiger partial charge < -0.3 is 9.47 Å². The van der Waals surface area contributed by atoms with Crippen LogP contribution in [0.2, 0.25) is 0 Å². The van der Waals surface area contributed by atoms with Crippen LogP contribution >= 0.6 is 0 Å². The van der Waals surface area contributed by atoms with E-state index in [4.69, 9.17) is 4.98 Å². The Hall–Kier alpha value is -2.15. The number of piperidine rings is 2. The van der Waals surface area contributed by atoms with E-state index in [1.807, 2.05) is 19.6 Å². The highest BCUT2D eigenvalue weighted by molar-refractivity contribution is 5.31. The van der Waals surface area contributed by atoms with Gasteiger partial charge in [0.15, 0.2) is 0 Å². The van der Waals surface area contributed by atoms with Crippen molar-refractivity contribution in [3.05, 3.63) is 40.3 Å². The number of likely N-dealkylation sites (tertiary alicyclic amines) is 1. The Balaban J connectivity index is 1.41. The van der Waals surface area contributed by atoms with Gasteiger partial charge in [-0.15, -0.1) is 0 Å². The van der Waals surface area contributed by atoms with Crippen LogP contribution in [0.15, 0.2) is 23.4 Å². The second-order valence-electron chi connectivity index (χ2n) is 7.59. The Bertz CT molecular complexity index is 783. The van der Waals surface area contributed by atoms with Gasteiger partial charge in [0, 0.05) is 44.9 Å². The van der Waals surface area contributed by atoms with Crippen LogP contribution in [0.5, 0.6) is 0 Å². The first-order chi connectivity index (χ1) is 12.7. The number of nitrogens with one attached hydrogen (secondary N) is 1. The van der Waals surface area contributed by atoms with Crippen LogP contribution in [0.25, 0.3) is 0 Å². The molecule has 0 aromatic carbocycles. The number of imidazole rings is 1. The molecule has 4 heterocycles. The monoisotopic (exact) mass is 356 g/mol. The molecule has 2 aromatic rings. The van der Waals surface area contributed by atoms with Gasteiger partial charge in [-0.1, -0.05) is 0 Å². The summed E-state index contributed by atoms with van der Waals surface area (Å²) in [5.74, 6) is 1.15. The fourth-order valence-electron chi connectivity index (χ4n) is 4.08. The normalized spacial score (nSPS) is 19.8. The van der Waals surface area contributed by atoms with Crippen LogP contribution in [0.3, 0.4) is 0 Å². The third-order valence-corrected chi connectivity index (χ3v) is 5.71. The molecule has 7 heteroatoms. The first kappa shape index (κ1) is 17.3. The summed E-state index contributed by atoms with van der Waals surface area (Å²) in [5, 5.41) is 0. The average Bonchev–Trinajstić information content (AvgIpc) is 3.07. The molecule has 2 fully saturated rings. The second kappa shape index (κ2) is 7.61. The minimum atomic E-state index is -0.0205. The second-order valence-corrected chi connectivity index (χ2v) is 7.59. The van der Waals surface area contributed by atoms with Crippen LogP contribution in [-0.4, -0.2) is 50.6 Å². The van der Waals surface area contributed by atoms with E-state index in [1.54, 1.807) is 6.07 Å². The van der Waals surface area contributed by atoms with Gasteiger partial charge in [-0.3, -0.25) is 14.7 Å². The lowest BCUT2D eigenvalue weighted by Gasteiger charge is -2.32. The predicted octanol–water partition coefficient (Wildman–Crippen LogP) is 1.87. The van der Waals surface area contributed by atoms with Gasteiger partial charge in [0.05, 0.1) is 17.7 Å². The summed E-state index contributed by atoms with van der Waals surface area (Å²) >= 11 is 0. The third kappa shape index (κ3) is 3.82. The summed E-state index contributed by atoms with van der Waals surface area (Å²) in [7, 11) is 2.04. The Labute approximate surface area is 154 Å². The van der Waals surface area contributed by atoms with E-state index >= 15 is 0 Å². The van der Waals surface area contributed by atoms with E-state index in [2.05, 4.69) is 24.3 Å². The molecule has 0 atom stereocenters. The van der Waals surface area contributed by atoms with Crippen LogP contribution in [0.1, 0.15) is 49.4 Å². The molecule has 140 valence electrons. The van der Waals surface area contributed by atoms with Crippen molar-refractivity contribution in [2.24, 2.45) is 7.05 Å². The highest BCUT2D eigenvalue weighted by Gasteiger charge is 2.24. The fourth-order valence-corrected chi connectivity index (χ4v) is 4.08. The zero-order valence-electron chi connectivity index (χ0n) is 15.5. The quantitative estimate of drug-likeness (QED) is 0.906. The molecule has 2 aliphatic rings. The molecular weight excluding hydrogens is 328 g/mol. The standard InChI is InChI=1S/C19H28N6O/c1-23-14-20-12-16(23)13-24-9-5-15(6-10-24)17-11-18(26)22-19(21-17)25-7-3-2-4-8-25/h11-12,14-15H,2-10,13H2,1H3,(H,21,22,26). The molecule has 4 rings (SSSR count). The predicted molar refractivity (Wildman–Crippen MR) is 101 cm³/mol. The van der Waals surface area contributed by atoms with Gasteiger partial charge in [0.2, 0.25) is 5.95 Å². The van der Waals surface area contributed by atoms with Crippen molar-refractivity contribution in [3.8, 4) is 0 Å². The maximum Gasteiger partial charge on any atom is 0.252 e. The summed E-state index contributed by atoms with van der Waals surface area (Å²) in [6.45, 7) is 4.99. The van der Waals surface area contributed by atoms with Gasteiger partial charge in [-0.05, 0) is 45.2 Å². The average molecular weight is 356 g/mol. The number of aromatic nitrogens is 4. The Morgan fingerprint density at radius 3 is 2.62 bits per heavy atom. The van der Waals surface area contributed by atoms with Crippen LogP contribution in [0.4, 0.5) is 5.95 Å². The SMILES string of the molecule is Cn1cncc1CN1CCC(c2cc(=O)[nH]c(N3CCCCC3)n2)CC1. The molecule has 0 amide bonds. The van der Waals surface area contributed by atoms with Crippen LogP contribution in [-0.2, 0) is 13.6 Å². The summed E-state index contributed by atoms with van der Waals surface area (Å²) in [4.78, 5) is 28.8. The van der Waals surface area contributed by atoms with Gasteiger partial charge in [-0.25, -0.2) is 9.97 Å². The number of H-pyrrole nitrogens is 1. The Morgan fingerprint density at radius 2 is 1.92 bits per heavy atom. The largest absolute Gasteiger partial charge is 0.342 e. The van der Waals surface area contributed by atoms with Crippen molar-refractivity contribution >= 4 is 5.95 Å².